The van der Waals surface area contributed by atoms with Gasteiger partial charge in [-0.25, -0.2) is 9.97 Å². The van der Waals surface area contributed by atoms with Gasteiger partial charge in [-0.15, -0.1) is 0 Å². The Morgan fingerprint density at radius 1 is 1.03 bits per heavy atom. The molecule has 1 aliphatic carbocycles. The molecular weight excluding hydrogens is 398 g/mol. The van der Waals surface area contributed by atoms with Gasteiger partial charge in [-0.1, -0.05) is 36.4 Å². The molecule has 0 saturated carbocycles. The van der Waals surface area contributed by atoms with Gasteiger partial charge in [0.05, 0.1) is 5.92 Å². The van der Waals surface area contributed by atoms with Crippen molar-refractivity contribution in [2.45, 2.75) is 38.5 Å². The molecule has 1 aromatic carbocycles. The molecule has 32 heavy (non-hydrogen) atoms. The number of anilines is 1. The van der Waals surface area contributed by atoms with E-state index in [4.69, 9.17) is 9.97 Å². The van der Waals surface area contributed by atoms with Crippen LogP contribution in [0.5, 0.6) is 0 Å². The molecule has 6 heteroatoms. The standard InChI is InChI=1S/C26H29N5O/c32-26(28-16-14-21-11-4-5-15-27-21)20-10-7-17-31(18-20)25-22-12-6-13-23(22)29-24(30-25)19-8-2-1-3-9-19/h1-5,8-9,11,15,20H,6-7,10,12-14,16-18H2,(H,28,32)/t20-/m1/s1. The molecule has 1 aliphatic heterocycles. The second-order valence-corrected chi connectivity index (χ2v) is 8.66. The fourth-order valence-corrected chi connectivity index (χ4v) is 4.78. The molecule has 3 heterocycles. The van der Waals surface area contributed by atoms with E-state index in [1.807, 2.05) is 36.4 Å². The van der Waals surface area contributed by atoms with Crippen LogP contribution >= 0.6 is 0 Å². The number of hydrogen-bond donors (Lipinski definition) is 1. The highest BCUT2D eigenvalue weighted by molar-refractivity contribution is 5.79. The average Bonchev–Trinajstić information content (AvgIpc) is 3.33. The third-order valence-electron chi connectivity index (χ3n) is 6.44. The zero-order valence-corrected chi connectivity index (χ0v) is 18.3. The van der Waals surface area contributed by atoms with Crippen LogP contribution < -0.4 is 10.2 Å². The smallest absolute Gasteiger partial charge is 0.224 e. The number of aromatic nitrogens is 3. The number of piperidine rings is 1. The highest BCUT2D eigenvalue weighted by Gasteiger charge is 2.30. The summed E-state index contributed by atoms with van der Waals surface area (Å²) in [4.78, 5) is 29.4. The van der Waals surface area contributed by atoms with E-state index >= 15 is 0 Å². The van der Waals surface area contributed by atoms with Crippen molar-refractivity contribution in [3.8, 4) is 11.4 Å². The van der Waals surface area contributed by atoms with Crippen molar-refractivity contribution in [3.63, 3.8) is 0 Å². The molecule has 0 spiro atoms. The minimum Gasteiger partial charge on any atom is -0.355 e. The van der Waals surface area contributed by atoms with Crippen molar-refractivity contribution in [2.75, 3.05) is 24.5 Å². The van der Waals surface area contributed by atoms with Gasteiger partial charge in [0.25, 0.3) is 0 Å². The highest BCUT2D eigenvalue weighted by Crippen LogP contribution is 2.33. The Kier molecular flexibility index (Phi) is 6.10. The first-order valence-corrected chi connectivity index (χ1v) is 11.7. The first-order chi connectivity index (χ1) is 15.8. The molecule has 1 amide bonds. The van der Waals surface area contributed by atoms with Crippen LogP contribution in [-0.2, 0) is 24.1 Å². The lowest BCUT2D eigenvalue weighted by Crippen LogP contribution is -2.44. The van der Waals surface area contributed by atoms with Crippen molar-refractivity contribution in [2.24, 2.45) is 5.92 Å². The summed E-state index contributed by atoms with van der Waals surface area (Å²) in [5.41, 5.74) is 4.50. The molecule has 0 bridgehead atoms. The number of nitrogens with one attached hydrogen (secondary N) is 1. The van der Waals surface area contributed by atoms with E-state index in [0.29, 0.717) is 13.1 Å². The number of carbonyl (C=O) groups excluding carboxylic acids is 1. The fraction of sp³-hybridized carbons (Fsp3) is 0.385. The van der Waals surface area contributed by atoms with Crippen LogP contribution in [0.2, 0.25) is 0 Å². The molecule has 3 aromatic rings. The molecule has 1 saturated heterocycles. The zero-order chi connectivity index (χ0) is 21.8. The third-order valence-corrected chi connectivity index (χ3v) is 6.44. The molecule has 6 nitrogen and oxygen atoms in total. The molecule has 1 atom stereocenters. The molecule has 164 valence electrons. The summed E-state index contributed by atoms with van der Waals surface area (Å²) in [5.74, 6) is 1.96. The Balaban J connectivity index is 1.30. The van der Waals surface area contributed by atoms with E-state index in [1.54, 1.807) is 6.20 Å². The second-order valence-electron chi connectivity index (χ2n) is 8.66. The maximum absolute atomic E-state index is 12.9. The van der Waals surface area contributed by atoms with E-state index in [2.05, 4.69) is 27.3 Å². The average molecular weight is 428 g/mol. The Morgan fingerprint density at radius 2 is 1.91 bits per heavy atom. The largest absolute Gasteiger partial charge is 0.355 e. The predicted molar refractivity (Wildman–Crippen MR) is 125 cm³/mol. The summed E-state index contributed by atoms with van der Waals surface area (Å²) >= 11 is 0. The van der Waals surface area contributed by atoms with Gasteiger partial charge in [0.2, 0.25) is 5.91 Å². The first-order valence-electron chi connectivity index (χ1n) is 11.7. The number of rotatable bonds is 6. The van der Waals surface area contributed by atoms with Gasteiger partial charge in [0, 0.05) is 54.8 Å². The lowest BCUT2D eigenvalue weighted by molar-refractivity contribution is -0.125. The van der Waals surface area contributed by atoms with Crippen molar-refractivity contribution in [1.29, 1.82) is 0 Å². The maximum atomic E-state index is 12.9. The summed E-state index contributed by atoms with van der Waals surface area (Å²) in [6, 6.07) is 16.1. The van der Waals surface area contributed by atoms with E-state index in [0.717, 1.165) is 68.0 Å². The molecule has 2 aromatic heterocycles. The lowest BCUT2D eigenvalue weighted by atomic mass is 9.96. The molecule has 5 rings (SSSR count). The summed E-state index contributed by atoms with van der Waals surface area (Å²) in [7, 11) is 0. The number of nitrogens with zero attached hydrogens (tertiary/aromatic N) is 4. The highest BCUT2D eigenvalue weighted by atomic mass is 16.1. The molecular formula is C26H29N5O. The van der Waals surface area contributed by atoms with Gasteiger partial charge in [0.1, 0.15) is 5.82 Å². The van der Waals surface area contributed by atoms with Crippen LogP contribution in [0.15, 0.2) is 54.7 Å². The van der Waals surface area contributed by atoms with E-state index in [9.17, 15) is 4.79 Å². The molecule has 1 N–H and O–H groups in total. The monoisotopic (exact) mass is 427 g/mol. The van der Waals surface area contributed by atoms with Crippen molar-refractivity contribution in [3.05, 3.63) is 71.7 Å². The van der Waals surface area contributed by atoms with Crippen LogP contribution in [0.1, 0.15) is 36.2 Å². The maximum Gasteiger partial charge on any atom is 0.224 e. The predicted octanol–water partition coefficient (Wildman–Crippen LogP) is 3.60. The van der Waals surface area contributed by atoms with Crippen LogP contribution in [-0.4, -0.2) is 40.5 Å². The van der Waals surface area contributed by atoms with E-state index in [-0.39, 0.29) is 11.8 Å². The minimum atomic E-state index is -0.0142. The number of hydrogen-bond acceptors (Lipinski definition) is 5. The van der Waals surface area contributed by atoms with Gasteiger partial charge in [-0.3, -0.25) is 9.78 Å². The molecule has 1 fully saturated rings. The fourth-order valence-electron chi connectivity index (χ4n) is 4.78. The number of amides is 1. The van der Waals surface area contributed by atoms with E-state index < -0.39 is 0 Å². The number of pyridine rings is 1. The van der Waals surface area contributed by atoms with Gasteiger partial charge < -0.3 is 10.2 Å². The zero-order valence-electron chi connectivity index (χ0n) is 18.3. The van der Waals surface area contributed by atoms with Crippen molar-refractivity contribution >= 4 is 11.7 Å². The minimum absolute atomic E-state index is 0.0142. The first kappa shape index (κ1) is 20.6. The quantitative estimate of drug-likeness (QED) is 0.651. The number of carbonyl (C=O) groups is 1. The van der Waals surface area contributed by atoms with Gasteiger partial charge in [-0.2, -0.15) is 0 Å². The normalized spacial score (nSPS) is 17.8. The van der Waals surface area contributed by atoms with Gasteiger partial charge in [0.15, 0.2) is 5.82 Å². The van der Waals surface area contributed by atoms with Crippen LogP contribution in [0.4, 0.5) is 5.82 Å². The van der Waals surface area contributed by atoms with Gasteiger partial charge in [-0.05, 0) is 44.2 Å². The summed E-state index contributed by atoms with van der Waals surface area (Å²) in [5, 5.41) is 3.12. The molecule has 2 aliphatic rings. The van der Waals surface area contributed by atoms with Crippen LogP contribution in [0.25, 0.3) is 11.4 Å². The third kappa shape index (κ3) is 4.49. The number of benzene rings is 1. The van der Waals surface area contributed by atoms with Crippen molar-refractivity contribution < 1.29 is 4.79 Å². The Hall–Kier alpha value is -3.28. The van der Waals surface area contributed by atoms with E-state index in [1.165, 1.54) is 11.3 Å². The number of aryl methyl sites for hydroxylation is 1. The lowest BCUT2D eigenvalue weighted by Gasteiger charge is -2.34. The van der Waals surface area contributed by atoms with Crippen molar-refractivity contribution in [1.82, 2.24) is 20.3 Å². The summed E-state index contributed by atoms with van der Waals surface area (Å²) in [6.07, 6.45) is 7.62. The Morgan fingerprint density at radius 3 is 2.75 bits per heavy atom. The Bertz CT molecular complexity index is 1070. The second kappa shape index (κ2) is 9.47. The molecule has 0 radical (unpaired) electrons. The summed E-state index contributed by atoms with van der Waals surface area (Å²) < 4.78 is 0. The Labute approximate surface area is 189 Å². The number of fused-ring (bicyclic) bond motifs is 1. The summed E-state index contributed by atoms with van der Waals surface area (Å²) in [6.45, 7) is 2.27. The molecule has 0 unspecified atom stereocenters. The topological polar surface area (TPSA) is 71.0 Å². The van der Waals surface area contributed by atoms with Gasteiger partial charge >= 0.3 is 0 Å². The van der Waals surface area contributed by atoms with Crippen LogP contribution in [0.3, 0.4) is 0 Å². The van der Waals surface area contributed by atoms with Crippen LogP contribution in [0, 0.1) is 5.92 Å². The SMILES string of the molecule is O=C(NCCc1ccccn1)[C@@H]1CCCN(c2nc(-c3ccccc3)nc3c2CCC3)C1.